The molecule has 1 amide bonds. The molecular weight excluding hydrogens is 444 g/mol. The van der Waals surface area contributed by atoms with Crippen LogP contribution in [-0.2, 0) is 16.1 Å². The molecule has 0 radical (unpaired) electrons. The summed E-state index contributed by atoms with van der Waals surface area (Å²) < 4.78 is 8.32. The lowest BCUT2D eigenvalue weighted by Gasteiger charge is -2.09. The van der Waals surface area contributed by atoms with Gasteiger partial charge in [0.15, 0.2) is 16.1 Å². The normalized spacial score (nSPS) is 11.4. The molecule has 0 saturated heterocycles. The maximum atomic E-state index is 12.5. The van der Waals surface area contributed by atoms with Gasteiger partial charge in [0.25, 0.3) is 0 Å². The molecule has 5 rings (SSSR count). The standard InChI is InChI=1S/C22H20N6O2S2/c1-30-11-10-28-20(15-12-23-16-7-3-2-6-14(15)16)26-27-22(28)31-13-19(29)25-21-24-17-8-4-5-9-18(17)32-21/h2-9,12,23H,10-11,13H2,1H3,(H,24,25,29). The van der Waals surface area contributed by atoms with E-state index in [-0.39, 0.29) is 11.7 Å². The predicted molar refractivity (Wildman–Crippen MR) is 128 cm³/mol. The molecule has 3 heterocycles. The SMILES string of the molecule is COCCn1c(SCC(=O)Nc2nc3ccccc3s2)nnc1-c1c[nH]c2ccccc12. The first-order valence-electron chi connectivity index (χ1n) is 10.00. The molecule has 0 bridgehead atoms. The minimum atomic E-state index is -0.135. The molecule has 162 valence electrons. The average molecular weight is 465 g/mol. The molecule has 0 atom stereocenters. The van der Waals surface area contributed by atoms with Crippen LogP contribution in [0.1, 0.15) is 0 Å². The summed E-state index contributed by atoms with van der Waals surface area (Å²) in [6.07, 6.45) is 1.94. The number of fused-ring (bicyclic) bond motifs is 2. The van der Waals surface area contributed by atoms with Gasteiger partial charge >= 0.3 is 0 Å². The second-order valence-corrected chi connectivity index (χ2v) is 9.00. The summed E-state index contributed by atoms with van der Waals surface area (Å²) in [5.74, 6) is 0.812. The number of hydrogen-bond donors (Lipinski definition) is 2. The number of H-pyrrole nitrogens is 1. The fourth-order valence-corrected chi connectivity index (χ4v) is 5.09. The number of methoxy groups -OCH3 is 1. The highest BCUT2D eigenvalue weighted by atomic mass is 32.2. The van der Waals surface area contributed by atoms with Gasteiger partial charge in [-0.05, 0) is 18.2 Å². The highest BCUT2D eigenvalue weighted by molar-refractivity contribution is 7.99. The molecule has 0 fully saturated rings. The first-order chi connectivity index (χ1) is 15.7. The predicted octanol–water partition coefficient (Wildman–Crippen LogP) is 4.41. The number of nitrogens with zero attached hydrogens (tertiary/aromatic N) is 4. The topological polar surface area (TPSA) is 97.7 Å². The largest absolute Gasteiger partial charge is 0.383 e. The molecule has 0 spiro atoms. The Kier molecular flexibility index (Phi) is 5.89. The first-order valence-corrected chi connectivity index (χ1v) is 11.8. The summed E-state index contributed by atoms with van der Waals surface area (Å²) in [4.78, 5) is 20.3. The van der Waals surface area contributed by atoms with Crippen LogP contribution in [0.3, 0.4) is 0 Å². The summed E-state index contributed by atoms with van der Waals surface area (Å²) in [5, 5.41) is 14.0. The molecule has 0 unspecified atom stereocenters. The third-order valence-corrected chi connectivity index (χ3v) is 6.86. The first kappa shape index (κ1) is 20.7. The number of thioether (sulfide) groups is 1. The third kappa shape index (κ3) is 4.12. The quantitative estimate of drug-likeness (QED) is 0.330. The fraction of sp³-hybridized carbons (Fsp3) is 0.182. The fourth-order valence-electron chi connectivity index (χ4n) is 3.45. The van der Waals surface area contributed by atoms with E-state index in [2.05, 4.69) is 31.5 Å². The van der Waals surface area contributed by atoms with Gasteiger partial charge in [0.1, 0.15) is 0 Å². The van der Waals surface area contributed by atoms with Gasteiger partial charge in [0.2, 0.25) is 5.91 Å². The van der Waals surface area contributed by atoms with Crippen molar-refractivity contribution in [3.63, 3.8) is 0 Å². The molecule has 0 saturated carbocycles. The number of carbonyl (C=O) groups excluding carboxylic acids is 1. The average Bonchev–Trinajstić information content (AvgIpc) is 3.51. The van der Waals surface area contributed by atoms with E-state index in [4.69, 9.17) is 4.74 Å². The van der Waals surface area contributed by atoms with Gasteiger partial charge in [-0.25, -0.2) is 4.98 Å². The van der Waals surface area contributed by atoms with E-state index in [0.717, 1.165) is 32.5 Å². The van der Waals surface area contributed by atoms with E-state index in [9.17, 15) is 4.79 Å². The summed E-state index contributed by atoms with van der Waals surface area (Å²) in [7, 11) is 1.66. The Labute approximate surface area is 192 Å². The molecule has 10 heteroatoms. The van der Waals surface area contributed by atoms with Crippen molar-refractivity contribution in [3.05, 3.63) is 54.7 Å². The van der Waals surface area contributed by atoms with Gasteiger partial charge in [-0.1, -0.05) is 53.4 Å². The van der Waals surface area contributed by atoms with E-state index < -0.39 is 0 Å². The van der Waals surface area contributed by atoms with Gasteiger partial charge in [0, 0.05) is 29.8 Å². The monoisotopic (exact) mass is 464 g/mol. The number of amides is 1. The Morgan fingerprint density at radius 3 is 2.91 bits per heavy atom. The van der Waals surface area contributed by atoms with Crippen LogP contribution in [0.4, 0.5) is 5.13 Å². The summed E-state index contributed by atoms with van der Waals surface area (Å²) in [6, 6.07) is 15.9. The number of aromatic amines is 1. The molecule has 0 aliphatic heterocycles. The molecule has 0 aliphatic rings. The van der Waals surface area contributed by atoms with Crippen LogP contribution in [0.5, 0.6) is 0 Å². The smallest absolute Gasteiger partial charge is 0.236 e. The highest BCUT2D eigenvalue weighted by Gasteiger charge is 2.18. The van der Waals surface area contributed by atoms with Gasteiger partial charge in [-0.2, -0.15) is 0 Å². The van der Waals surface area contributed by atoms with E-state index >= 15 is 0 Å². The summed E-state index contributed by atoms with van der Waals surface area (Å²) >= 11 is 2.80. The van der Waals surface area contributed by atoms with Gasteiger partial charge in [-0.3, -0.25) is 9.36 Å². The van der Waals surface area contributed by atoms with Crippen LogP contribution in [0.25, 0.3) is 32.5 Å². The maximum absolute atomic E-state index is 12.5. The van der Waals surface area contributed by atoms with E-state index in [1.807, 2.05) is 53.2 Å². The lowest BCUT2D eigenvalue weighted by Crippen LogP contribution is -2.15. The summed E-state index contributed by atoms with van der Waals surface area (Å²) in [5.41, 5.74) is 2.88. The van der Waals surface area contributed by atoms with Crippen molar-refractivity contribution in [2.45, 2.75) is 11.7 Å². The molecule has 32 heavy (non-hydrogen) atoms. The number of para-hydroxylation sites is 2. The van der Waals surface area contributed by atoms with Crippen LogP contribution in [0.2, 0.25) is 0 Å². The van der Waals surface area contributed by atoms with E-state index in [1.54, 1.807) is 7.11 Å². The minimum absolute atomic E-state index is 0.135. The molecular formula is C22H20N6O2S2. The van der Waals surface area contributed by atoms with Crippen molar-refractivity contribution in [1.29, 1.82) is 0 Å². The van der Waals surface area contributed by atoms with Gasteiger partial charge in [-0.15, -0.1) is 10.2 Å². The Hall–Kier alpha value is -3.21. The van der Waals surface area contributed by atoms with Gasteiger partial charge in [0.05, 0.1) is 29.1 Å². The zero-order valence-corrected chi connectivity index (χ0v) is 18.9. The number of rotatable bonds is 8. The number of ether oxygens (including phenoxy) is 1. The van der Waals surface area contributed by atoms with Crippen LogP contribution >= 0.6 is 23.1 Å². The number of thiazole rings is 1. The number of nitrogens with one attached hydrogen (secondary N) is 2. The number of hydrogen-bond acceptors (Lipinski definition) is 7. The number of aromatic nitrogens is 5. The lowest BCUT2D eigenvalue weighted by molar-refractivity contribution is -0.113. The van der Waals surface area contributed by atoms with E-state index in [1.165, 1.54) is 23.1 Å². The Balaban J connectivity index is 1.34. The highest BCUT2D eigenvalue weighted by Crippen LogP contribution is 2.30. The minimum Gasteiger partial charge on any atom is -0.383 e. The molecule has 0 aliphatic carbocycles. The zero-order chi connectivity index (χ0) is 21.9. The maximum Gasteiger partial charge on any atom is 0.236 e. The molecule has 5 aromatic rings. The Bertz CT molecular complexity index is 1360. The molecule has 3 aromatic heterocycles. The van der Waals surface area contributed by atoms with Crippen molar-refractivity contribution in [1.82, 2.24) is 24.7 Å². The second-order valence-electron chi connectivity index (χ2n) is 7.02. The van der Waals surface area contributed by atoms with Gasteiger partial charge < -0.3 is 15.0 Å². The Morgan fingerprint density at radius 2 is 2.03 bits per heavy atom. The summed E-state index contributed by atoms with van der Waals surface area (Å²) in [6.45, 7) is 1.10. The second kappa shape index (κ2) is 9.11. The zero-order valence-electron chi connectivity index (χ0n) is 17.2. The van der Waals surface area contributed by atoms with Crippen molar-refractivity contribution < 1.29 is 9.53 Å². The number of anilines is 1. The third-order valence-electron chi connectivity index (χ3n) is 4.94. The van der Waals surface area contributed by atoms with Crippen LogP contribution in [-0.4, -0.2) is 50.1 Å². The van der Waals surface area contributed by atoms with Crippen LogP contribution in [0.15, 0.2) is 59.9 Å². The molecule has 2 aromatic carbocycles. The Morgan fingerprint density at radius 1 is 1.19 bits per heavy atom. The van der Waals surface area contributed by atoms with Crippen LogP contribution < -0.4 is 5.32 Å². The lowest BCUT2D eigenvalue weighted by atomic mass is 10.1. The molecule has 8 nitrogen and oxygen atoms in total. The van der Waals surface area contributed by atoms with Crippen molar-refractivity contribution in [2.24, 2.45) is 0 Å². The van der Waals surface area contributed by atoms with Crippen LogP contribution in [0, 0.1) is 0 Å². The molecule has 2 N–H and O–H groups in total. The number of benzene rings is 2. The number of carbonyl (C=O) groups is 1. The van der Waals surface area contributed by atoms with Crippen molar-refractivity contribution in [3.8, 4) is 11.4 Å². The van der Waals surface area contributed by atoms with Crippen molar-refractivity contribution >= 4 is 55.3 Å². The van der Waals surface area contributed by atoms with E-state index in [0.29, 0.717) is 23.4 Å². The van der Waals surface area contributed by atoms with Crippen molar-refractivity contribution in [2.75, 3.05) is 24.8 Å².